The Morgan fingerprint density at radius 1 is 1.40 bits per heavy atom. The second-order valence-electron chi connectivity index (χ2n) is 6.08. The van der Waals surface area contributed by atoms with Crippen molar-refractivity contribution in [2.24, 2.45) is 5.41 Å². The molecular formula is C11H19N3S. The Morgan fingerprint density at radius 2 is 2.00 bits per heavy atom. The molecule has 0 radical (unpaired) electrons. The monoisotopic (exact) mass is 225 g/mol. The fourth-order valence-corrected chi connectivity index (χ4v) is 2.49. The van der Waals surface area contributed by atoms with Gasteiger partial charge in [-0.2, -0.15) is 4.37 Å². The Balaban J connectivity index is 2.06. The summed E-state index contributed by atoms with van der Waals surface area (Å²) >= 11 is 1.47. The molecule has 1 fully saturated rings. The molecule has 0 spiro atoms. The topological polar surface area (TPSA) is 37.8 Å². The summed E-state index contributed by atoms with van der Waals surface area (Å²) < 4.78 is 4.43. The van der Waals surface area contributed by atoms with Gasteiger partial charge in [-0.3, -0.25) is 0 Å². The van der Waals surface area contributed by atoms with E-state index < -0.39 is 0 Å². The van der Waals surface area contributed by atoms with E-state index in [0.717, 1.165) is 11.0 Å². The van der Waals surface area contributed by atoms with Gasteiger partial charge in [0.05, 0.1) is 0 Å². The van der Waals surface area contributed by atoms with Crippen molar-refractivity contribution in [3.63, 3.8) is 0 Å². The van der Waals surface area contributed by atoms with Crippen LogP contribution >= 0.6 is 11.5 Å². The van der Waals surface area contributed by atoms with Crippen molar-refractivity contribution in [3.8, 4) is 0 Å². The summed E-state index contributed by atoms with van der Waals surface area (Å²) in [6.45, 7) is 10.9. The number of rotatable bonds is 2. The van der Waals surface area contributed by atoms with E-state index in [1.165, 1.54) is 18.0 Å². The SMILES string of the molecule is CC(C)(C)Nc1nc(C2CC2(C)C)ns1. The molecule has 1 aliphatic carbocycles. The third-order valence-corrected chi connectivity index (χ3v) is 3.39. The van der Waals surface area contributed by atoms with E-state index in [9.17, 15) is 0 Å². The van der Waals surface area contributed by atoms with Crippen LogP contribution in [0.1, 0.15) is 52.8 Å². The average Bonchev–Trinajstić information content (AvgIpc) is 2.50. The molecule has 1 aromatic rings. The lowest BCUT2D eigenvalue weighted by atomic mass is 10.1. The molecule has 15 heavy (non-hydrogen) atoms. The average molecular weight is 225 g/mol. The minimum atomic E-state index is 0.0653. The first-order valence-electron chi connectivity index (χ1n) is 5.40. The molecular weight excluding hydrogens is 206 g/mol. The summed E-state index contributed by atoms with van der Waals surface area (Å²) in [6.07, 6.45) is 1.22. The molecule has 1 heterocycles. The number of nitrogens with zero attached hydrogens (tertiary/aromatic N) is 2. The lowest BCUT2D eigenvalue weighted by Crippen LogP contribution is -2.25. The van der Waals surface area contributed by atoms with Gasteiger partial charge in [-0.05, 0) is 32.6 Å². The van der Waals surface area contributed by atoms with Gasteiger partial charge in [0.1, 0.15) is 5.82 Å². The lowest BCUT2D eigenvalue weighted by molar-refractivity contribution is 0.610. The van der Waals surface area contributed by atoms with E-state index in [-0.39, 0.29) is 5.54 Å². The van der Waals surface area contributed by atoms with Crippen molar-refractivity contribution in [1.29, 1.82) is 0 Å². The second kappa shape index (κ2) is 3.17. The number of anilines is 1. The third-order valence-electron chi connectivity index (χ3n) is 2.75. The van der Waals surface area contributed by atoms with E-state index in [4.69, 9.17) is 0 Å². The summed E-state index contributed by atoms with van der Waals surface area (Å²) in [6, 6.07) is 0. The van der Waals surface area contributed by atoms with E-state index in [1.54, 1.807) is 0 Å². The molecule has 1 aromatic heterocycles. The number of aromatic nitrogens is 2. The summed E-state index contributed by atoms with van der Waals surface area (Å²) in [5, 5.41) is 4.30. The standard InChI is InChI=1S/C11H19N3S/c1-10(2,3)13-9-12-8(14-15-9)7-6-11(7,4)5/h7H,6H2,1-5H3,(H,12,13,14). The molecule has 1 saturated carbocycles. The van der Waals surface area contributed by atoms with Gasteiger partial charge in [-0.15, -0.1) is 0 Å². The van der Waals surface area contributed by atoms with E-state index >= 15 is 0 Å². The first-order valence-corrected chi connectivity index (χ1v) is 6.17. The summed E-state index contributed by atoms with van der Waals surface area (Å²) in [7, 11) is 0. The Morgan fingerprint density at radius 3 is 2.47 bits per heavy atom. The van der Waals surface area contributed by atoms with Crippen LogP contribution in [0.5, 0.6) is 0 Å². The van der Waals surface area contributed by atoms with E-state index in [2.05, 4.69) is 49.3 Å². The van der Waals surface area contributed by atoms with Gasteiger partial charge in [0.25, 0.3) is 0 Å². The zero-order valence-corrected chi connectivity index (χ0v) is 10.9. The van der Waals surface area contributed by atoms with Gasteiger partial charge in [-0.25, -0.2) is 4.98 Å². The van der Waals surface area contributed by atoms with Gasteiger partial charge in [0.15, 0.2) is 0 Å². The van der Waals surface area contributed by atoms with Gasteiger partial charge in [0, 0.05) is 23.0 Å². The molecule has 4 heteroatoms. The highest BCUT2D eigenvalue weighted by Gasteiger charge is 2.49. The van der Waals surface area contributed by atoms with E-state index in [1.807, 2.05) is 0 Å². The molecule has 1 N–H and O–H groups in total. The quantitative estimate of drug-likeness (QED) is 0.839. The molecule has 1 unspecified atom stereocenters. The fourth-order valence-electron chi connectivity index (χ4n) is 1.66. The third kappa shape index (κ3) is 2.48. The maximum absolute atomic E-state index is 4.55. The van der Waals surface area contributed by atoms with Crippen molar-refractivity contribution in [3.05, 3.63) is 5.82 Å². The van der Waals surface area contributed by atoms with Crippen molar-refractivity contribution in [2.45, 2.75) is 52.5 Å². The minimum absolute atomic E-state index is 0.0653. The summed E-state index contributed by atoms with van der Waals surface area (Å²) in [5.41, 5.74) is 0.482. The van der Waals surface area contributed by atoms with Crippen molar-refractivity contribution in [2.75, 3.05) is 5.32 Å². The molecule has 1 atom stereocenters. The summed E-state index contributed by atoms with van der Waals surface area (Å²) in [5.74, 6) is 1.60. The molecule has 1 aliphatic rings. The van der Waals surface area contributed by atoms with Crippen LogP contribution < -0.4 is 5.32 Å². The van der Waals surface area contributed by atoms with Crippen LogP contribution in [0.3, 0.4) is 0 Å². The Kier molecular flexibility index (Phi) is 2.30. The number of hydrogen-bond donors (Lipinski definition) is 1. The summed E-state index contributed by atoms with van der Waals surface area (Å²) in [4.78, 5) is 4.55. The van der Waals surface area contributed by atoms with Gasteiger partial charge in [-0.1, -0.05) is 13.8 Å². The zero-order valence-electron chi connectivity index (χ0n) is 10.1. The smallest absolute Gasteiger partial charge is 0.202 e. The van der Waals surface area contributed by atoms with Crippen LogP contribution in [0.2, 0.25) is 0 Å². The Hall–Kier alpha value is -0.640. The molecule has 84 valence electrons. The largest absolute Gasteiger partial charge is 0.356 e. The minimum Gasteiger partial charge on any atom is -0.356 e. The number of hydrogen-bond acceptors (Lipinski definition) is 4. The lowest BCUT2D eigenvalue weighted by Gasteiger charge is -2.18. The second-order valence-corrected chi connectivity index (χ2v) is 6.83. The van der Waals surface area contributed by atoms with Crippen LogP contribution in [0.25, 0.3) is 0 Å². The van der Waals surface area contributed by atoms with E-state index in [0.29, 0.717) is 11.3 Å². The molecule has 0 bridgehead atoms. The molecule has 0 aromatic carbocycles. The Bertz CT molecular complexity index is 362. The molecule has 3 nitrogen and oxygen atoms in total. The number of nitrogens with one attached hydrogen (secondary N) is 1. The zero-order chi connectivity index (χ0) is 11.3. The first-order chi connectivity index (χ1) is 6.78. The van der Waals surface area contributed by atoms with Gasteiger partial charge < -0.3 is 5.32 Å². The highest BCUT2D eigenvalue weighted by Crippen LogP contribution is 2.57. The van der Waals surface area contributed by atoms with Crippen LogP contribution in [-0.2, 0) is 0 Å². The maximum Gasteiger partial charge on any atom is 0.202 e. The van der Waals surface area contributed by atoms with Gasteiger partial charge in [0.2, 0.25) is 5.13 Å². The van der Waals surface area contributed by atoms with Crippen LogP contribution in [0.4, 0.5) is 5.13 Å². The first kappa shape index (κ1) is 10.9. The molecule has 0 aliphatic heterocycles. The van der Waals surface area contributed by atoms with Crippen molar-refractivity contribution >= 4 is 16.7 Å². The predicted molar refractivity (Wildman–Crippen MR) is 64.4 cm³/mol. The maximum atomic E-state index is 4.55. The van der Waals surface area contributed by atoms with Gasteiger partial charge >= 0.3 is 0 Å². The van der Waals surface area contributed by atoms with Crippen LogP contribution in [-0.4, -0.2) is 14.9 Å². The molecule has 2 rings (SSSR count). The molecule has 0 amide bonds. The van der Waals surface area contributed by atoms with Crippen LogP contribution in [0.15, 0.2) is 0 Å². The molecule has 0 saturated heterocycles. The highest BCUT2D eigenvalue weighted by atomic mass is 32.1. The normalized spacial score (nSPS) is 23.9. The van der Waals surface area contributed by atoms with Crippen LogP contribution in [0, 0.1) is 5.41 Å². The predicted octanol–water partition coefficient (Wildman–Crippen LogP) is 3.26. The fraction of sp³-hybridized carbons (Fsp3) is 0.818. The Labute approximate surface area is 95.5 Å². The van der Waals surface area contributed by atoms with Crippen molar-refractivity contribution in [1.82, 2.24) is 9.36 Å². The highest BCUT2D eigenvalue weighted by molar-refractivity contribution is 7.09. The van der Waals surface area contributed by atoms with Crippen molar-refractivity contribution < 1.29 is 0 Å².